The van der Waals surface area contributed by atoms with Gasteiger partial charge in [0.1, 0.15) is 5.01 Å². The monoisotopic (exact) mass is 315 g/mol. The van der Waals surface area contributed by atoms with Gasteiger partial charge < -0.3 is 11.1 Å². The molecule has 1 amide bonds. The number of aromatic nitrogens is 1. The van der Waals surface area contributed by atoms with Gasteiger partial charge in [-0.25, -0.2) is 4.98 Å². The Bertz CT molecular complexity index is 649. The molecule has 0 aliphatic heterocycles. The number of carbonyl (C=O) groups is 1. The third-order valence-corrected chi connectivity index (χ3v) is 5.41. The second-order valence-electron chi connectivity index (χ2n) is 6.00. The first-order valence-corrected chi connectivity index (χ1v) is 8.51. The zero-order chi connectivity index (χ0) is 15.6. The molecule has 5 heteroatoms. The molecule has 1 fully saturated rings. The molecule has 1 aromatic carbocycles. The summed E-state index contributed by atoms with van der Waals surface area (Å²) in [7, 11) is 0. The second-order valence-corrected chi connectivity index (χ2v) is 6.86. The van der Waals surface area contributed by atoms with Crippen molar-refractivity contribution in [2.75, 3.05) is 0 Å². The van der Waals surface area contributed by atoms with Crippen molar-refractivity contribution in [3.8, 4) is 0 Å². The predicted molar refractivity (Wildman–Crippen MR) is 88.5 cm³/mol. The first-order valence-electron chi connectivity index (χ1n) is 7.63. The molecule has 1 unspecified atom stereocenters. The van der Waals surface area contributed by atoms with Gasteiger partial charge in [-0.2, -0.15) is 0 Å². The molecule has 116 valence electrons. The normalized spacial score (nSPS) is 17.5. The van der Waals surface area contributed by atoms with E-state index in [1.165, 1.54) is 0 Å². The molecule has 4 nitrogen and oxygen atoms in total. The molecule has 1 aliphatic carbocycles. The van der Waals surface area contributed by atoms with E-state index in [-0.39, 0.29) is 17.5 Å². The fraction of sp³-hybridized carbons (Fsp3) is 0.412. The maximum atomic E-state index is 12.4. The van der Waals surface area contributed by atoms with Crippen LogP contribution in [0.2, 0.25) is 0 Å². The summed E-state index contributed by atoms with van der Waals surface area (Å²) in [5, 5.41) is 6.25. The molecule has 3 rings (SSSR count). The van der Waals surface area contributed by atoms with Crippen LogP contribution in [0.15, 0.2) is 35.7 Å². The van der Waals surface area contributed by atoms with Gasteiger partial charge >= 0.3 is 0 Å². The molecule has 1 saturated carbocycles. The molecular weight excluding hydrogens is 294 g/mol. The van der Waals surface area contributed by atoms with Gasteiger partial charge in [0.2, 0.25) is 5.91 Å². The van der Waals surface area contributed by atoms with Crippen LogP contribution in [0.1, 0.15) is 48.0 Å². The Morgan fingerprint density at radius 1 is 1.41 bits per heavy atom. The summed E-state index contributed by atoms with van der Waals surface area (Å²) in [6, 6.07) is 9.49. The van der Waals surface area contributed by atoms with Gasteiger partial charge in [0, 0.05) is 23.5 Å². The topological polar surface area (TPSA) is 68.0 Å². The summed E-state index contributed by atoms with van der Waals surface area (Å²) in [5.74, 6) is 0.00362. The van der Waals surface area contributed by atoms with Gasteiger partial charge in [0.15, 0.2) is 0 Å². The number of nitrogens with one attached hydrogen (secondary N) is 1. The van der Waals surface area contributed by atoms with Gasteiger partial charge in [-0.3, -0.25) is 4.79 Å². The van der Waals surface area contributed by atoms with Crippen molar-refractivity contribution in [1.29, 1.82) is 0 Å². The van der Waals surface area contributed by atoms with Crippen LogP contribution in [0.4, 0.5) is 0 Å². The van der Waals surface area contributed by atoms with Crippen LogP contribution in [-0.2, 0) is 10.3 Å². The summed E-state index contributed by atoms with van der Waals surface area (Å²) >= 11 is 1.63. The van der Waals surface area contributed by atoms with Gasteiger partial charge in [-0.05, 0) is 31.7 Å². The second kappa shape index (κ2) is 6.18. The van der Waals surface area contributed by atoms with E-state index in [2.05, 4.69) is 10.3 Å². The minimum Gasteiger partial charge on any atom is -0.344 e. The van der Waals surface area contributed by atoms with Crippen molar-refractivity contribution in [2.45, 2.75) is 44.2 Å². The number of hydrogen-bond acceptors (Lipinski definition) is 4. The third kappa shape index (κ3) is 3.05. The molecule has 3 N–H and O–H groups in total. The molecule has 1 heterocycles. The summed E-state index contributed by atoms with van der Waals surface area (Å²) in [4.78, 5) is 17.0. The Morgan fingerprint density at radius 2 is 2.14 bits per heavy atom. The van der Waals surface area contributed by atoms with E-state index in [4.69, 9.17) is 5.73 Å². The Labute approximate surface area is 134 Å². The number of thiazole rings is 1. The lowest BCUT2D eigenvalue weighted by Gasteiger charge is -2.41. The van der Waals surface area contributed by atoms with E-state index in [1.54, 1.807) is 11.3 Å². The summed E-state index contributed by atoms with van der Waals surface area (Å²) in [5.41, 5.74) is 7.89. The van der Waals surface area contributed by atoms with E-state index >= 15 is 0 Å². The van der Waals surface area contributed by atoms with Crippen LogP contribution < -0.4 is 11.1 Å². The number of benzene rings is 1. The van der Waals surface area contributed by atoms with Crippen LogP contribution in [-0.4, -0.2) is 10.9 Å². The number of hydrogen-bond donors (Lipinski definition) is 2. The Morgan fingerprint density at radius 3 is 2.68 bits per heavy atom. The van der Waals surface area contributed by atoms with E-state index in [0.29, 0.717) is 6.42 Å². The molecule has 1 atom stereocenters. The fourth-order valence-electron chi connectivity index (χ4n) is 2.83. The van der Waals surface area contributed by atoms with Crippen LogP contribution in [0, 0.1) is 6.92 Å². The number of nitrogens with two attached hydrogens (primary N) is 1. The Kier molecular flexibility index (Phi) is 4.27. The number of nitrogens with zero attached hydrogens (tertiary/aromatic N) is 1. The van der Waals surface area contributed by atoms with Crippen molar-refractivity contribution >= 4 is 17.2 Å². The largest absolute Gasteiger partial charge is 0.344 e. The van der Waals surface area contributed by atoms with Crippen LogP contribution >= 0.6 is 11.3 Å². The van der Waals surface area contributed by atoms with Gasteiger partial charge in [0.05, 0.1) is 5.54 Å². The lowest BCUT2D eigenvalue weighted by molar-refractivity contribution is -0.124. The lowest BCUT2D eigenvalue weighted by atomic mass is 9.77. The number of carbonyl (C=O) groups excluding carboxylic acids is 1. The molecule has 1 aliphatic rings. The molecule has 0 radical (unpaired) electrons. The van der Waals surface area contributed by atoms with E-state index in [9.17, 15) is 4.79 Å². The van der Waals surface area contributed by atoms with Crippen LogP contribution in [0.5, 0.6) is 0 Å². The van der Waals surface area contributed by atoms with Crippen molar-refractivity contribution in [1.82, 2.24) is 10.3 Å². The summed E-state index contributed by atoms with van der Waals surface area (Å²) < 4.78 is 0. The minimum atomic E-state index is -0.267. The maximum Gasteiger partial charge on any atom is 0.222 e. The highest BCUT2D eigenvalue weighted by Crippen LogP contribution is 2.42. The van der Waals surface area contributed by atoms with E-state index < -0.39 is 0 Å². The molecule has 22 heavy (non-hydrogen) atoms. The van der Waals surface area contributed by atoms with Crippen LogP contribution in [0.25, 0.3) is 0 Å². The average Bonchev–Trinajstić information content (AvgIpc) is 2.90. The smallest absolute Gasteiger partial charge is 0.222 e. The van der Waals surface area contributed by atoms with Crippen molar-refractivity contribution in [3.05, 3.63) is 52.0 Å². The number of rotatable bonds is 5. The highest BCUT2D eigenvalue weighted by atomic mass is 32.1. The van der Waals surface area contributed by atoms with Gasteiger partial charge in [0.25, 0.3) is 0 Å². The first kappa shape index (κ1) is 15.2. The standard InChI is InChI=1S/C17H21N3OS/c1-12-11-22-16(19-12)17(8-5-9-17)20-15(21)10-14(18)13-6-3-2-4-7-13/h2-4,6-7,11,14H,5,8-10,18H2,1H3,(H,20,21). The quantitative estimate of drug-likeness (QED) is 0.891. The molecule has 0 bridgehead atoms. The molecule has 1 aromatic heterocycles. The predicted octanol–water partition coefficient (Wildman–Crippen LogP) is 3.04. The molecular formula is C17H21N3OS. The fourth-order valence-corrected chi connectivity index (χ4v) is 3.84. The molecule has 2 aromatic rings. The maximum absolute atomic E-state index is 12.4. The van der Waals surface area contributed by atoms with Gasteiger partial charge in [-0.15, -0.1) is 11.3 Å². The van der Waals surface area contributed by atoms with Crippen molar-refractivity contribution in [2.24, 2.45) is 5.73 Å². The molecule has 0 spiro atoms. The van der Waals surface area contributed by atoms with Gasteiger partial charge in [-0.1, -0.05) is 30.3 Å². The first-order chi connectivity index (χ1) is 10.6. The summed E-state index contributed by atoms with van der Waals surface area (Å²) in [6.45, 7) is 1.99. The van der Waals surface area contributed by atoms with Crippen LogP contribution in [0.3, 0.4) is 0 Å². The van der Waals surface area contributed by atoms with E-state index in [1.807, 2.05) is 42.6 Å². The Hall–Kier alpha value is -1.72. The zero-order valence-electron chi connectivity index (χ0n) is 12.7. The van der Waals surface area contributed by atoms with E-state index in [0.717, 1.165) is 35.5 Å². The number of aryl methyl sites for hydroxylation is 1. The number of amides is 1. The SMILES string of the molecule is Cc1csc(C2(NC(=O)CC(N)c3ccccc3)CCC2)n1. The molecule has 0 saturated heterocycles. The third-order valence-electron chi connectivity index (χ3n) is 4.25. The average molecular weight is 315 g/mol. The lowest BCUT2D eigenvalue weighted by Crippen LogP contribution is -2.51. The Balaban J connectivity index is 1.66. The van der Waals surface area contributed by atoms with Crippen molar-refractivity contribution in [3.63, 3.8) is 0 Å². The van der Waals surface area contributed by atoms with Crippen molar-refractivity contribution < 1.29 is 4.79 Å². The zero-order valence-corrected chi connectivity index (χ0v) is 13.5. The highest BCUT2D eigenvalue weighted by molar-refractivity contribution is 7.09. The highest BCUT2D eigenvalue weighted by Gasteiger charge is 2.42. The minimum absolute atomic E-state index is 0.00362. The summed E-state index contributed by atoms with van der Waals surface area (Å²) in [6.07, 6.45) is 3.36.